The average Bonchev–Trinajstić information content (AvgIpc) is 2.39. The Labute approximate surface area is 124 Å². The first-order chi connectivity index (χ1) is 9.52. The van der Waals surface area contributed by atoms with Crippen LogP contribution in [0.15, 0.2) is 12.1 Å². The lowest BCUT2D eigenvalue weighted by atomic mass is 9.96. The van der Waals surface area contributed by atoms with E-state index in [-0.39, 0.29) is 11.9 Å². The number of aliphatic hydroxyl groups is 1. The van der Waals surface area contributed by atoms with E-state index >= 15 is 0 Å². The minimum atomic E-state index is -0.605. The summed E-state index contributed by atoms with van der Waals surface area (Å²) in [5.41, 5.74) is 1.58. The van der Waals surface area contributed by atoms with E-state index in [1.54, 1.807) is 13.0 Å². The molecule has 0 fully saturated rings. The maximum Gasteiger partial charge on any atom is 0.220 e. The molecule has 0 spiro atoms. The van der Waals surface area contributed by atoms with Crippen LogP contribution >= 0.6 is 11.6 Å². The Morgan fingerprint density at radius 1 is 1.60 bits per heavy atom. The highest BCUT2D eigenvalue weighted by molar-refractivity contribution is 6.32. The first-order valence-corrected chi connectivity index (χ1v) is 7.34. The summed E-state index contributed by atoms with van der Waals surface area (Å²) in [6.45, 7) is 4.18. The Kier molecular flexibility index (Phi) is 4.89. The van der Waals surface area contributed by atoms with Crippen molar-refractivity contribution in [2.45, 2.75) is 45.3 Å². The molecule has 20 heavy (non-hydrogen) atoms. The van der Waals surface area contributed by atoms with E-state index in [4.69, 9.17) is 16.3 Å². The van der Waals surface area contributed by atoms with Crippen LogP contribution in [-0.4, -0.2) is 17.6 Å². The predicted molar refractivity (Wildman–Crippen MR) is 78.0 cm³/mol. The van der Waals surface area contributed by atoms with E-state index in [9.17, 15) is 9.90 Å². The number of rotatable bonds is 4. The number of hydrogen-bond donors (Lipinski definition) is 2. The number of carbonyl (C=O) groups is 1. The zero-order valence-electron chi connectivity index (χ0n) is 11.8. The largest absolute Gasteiger partial charge is 0.492 e. The van der Waals surface area contributed by atoms with Gasteiger partial charge in [0.05, 0.1) is 23.8 Å². The molecule has 1 aliphatic rings. The number of amides is 1. The number of ether oxygens (including phenoxy) is 1. The van der Waals surface area contributed by atoms with Crippen LogP contribution in [0.5, 0.6) is 5.75 Å². The molecule has 0 radical (unpaired) electrons. The van der Waals surface area contributed by atoms with Gasteiger partial charge in [-0.15, -0.1) is 0 Å². The molecule has 0 aromatic heterocycles. The van der Waals surface area contributed by atoms with Crippen LogP contribution in [0.25, 0.3) is 0 Å². The van der Waals surface area contributed by atoms with Crippen LogP contribution in [0, 0.1) is 0 Å². The van der Waals surface area contributed by atoms with Crippen LogP contribution in [-0.2, 0) is 4.79 Å². The molecule has 110 valence electrons. The summed E-state index contributed by atoms with van der Waals surface area (Å²) in [5, 5.41) is 13.2. The Balaban J connectivity index is 2.31. The number of carbonyl (C=O) groups excluding carboxylic acids is 1. The molecular formula is C15H20ClNO3. The number of halogens is 1. The van der Waals surface area contributed by atoms with Gasteiger partial charge in [-0.1, -0.05) is 18.5 Å². The molecular weight excluding hydrogens is 278 g/mol. The van der Waals surface area contributed by atoms with Gasteiger partial charge in [-0.25, -0.2) is 0 Å². The first kappa shape index (κ1) is 15.1. The van der Waals surface area contributed by atoms with E-state index in [1.165, 1.54) is 0 Å². The first-order valence-electron chi connectivity index (χ1n) is 6.96. The number of aliphatic hydroxyl groups excluding tert-OH is 1. The van der Waals surface area contributed by atoms with E-state index in [2.05, 4.69) is 5.32 Å². The topological polar surface area (TPSA) is 58.6 Å². The van der Waals surface area contributed by atoms with Crippen molar-refractivity contribution in [2.75, 3.05) is 6.61 Å². The summed E-state index contributed by atoms with van der Waals surface area (Å²) in [6, 6.07) is 3.47. The van der Waals surface area contributed by atoms with Gasteiger partial charge in [-0.05, 0) is 31.0 Å². The summed E-state index contributed by atoms with van der Waals surface area (Å²) in [7, 11) is 0. The van der Waals surface area contributed by atoms with Gasteiger partial charge in [0.25, 0.3) is 0 Å². The summed E-state index contributed by atoms with van der Waals surface area (Å²) < 4.78 is 5.60. The second-order valence-electron chi connectivity index (χ2n) is 5.10. The van der Waals surface area contributed by atoms with Gasteiger partial charge in [-0.3, -0.25) is 4.79 Å². The molecule has 1 aromatic carbocycles. The van der Waals surface area contributed by atoms with Gasteiger partial charge < -0.3 is 15.2 Å². The van der Waals surface area contributed by atoms with Gasteiger partial charge in [0.15, 0.2) is 0 Å². The quantitative estimate of drug-likeness (QED) is 0.897. The summed E-state index contributed by atoms with van der Waals surface area (Å²) in [6.07, 6.45) is 1.43. The normalized spacial score (nSPS) is 18.9. The fraction of sp³-hybridized carbons (Fsp3) is 0.533. The molecule has 1 aliphatic heterocycles. The molecule has 0 aliphatic carbocycles. The number of nitrogens with one attached hydrogen (secondary N) is 1. The van der Waals surface area contributed by atoms with Crippen LogP contribution < -0.4 is 10.1 Å². The molecule has 0 saturated carbocycles. The van der Waals surface area contributed by atoms with Gasteiger partial charge >= 0.3 is 0 Å². The second kappa shape index (κ2) is 6.46. The van der Waals surface area contributed by atoms with Crippen LogP contribution in [0.2, 0.25) is 5.02 Å². The van der Waals surface area contributed by atoms with Crippen LogP contribution in [0.1, 0.15) is 56.4 Å². The fourth-order valence-electron chi connectivity index (χ4n) is 2.37. The minimum absolute atomic E-state index is 0.0314. The van der Waals surface area contributed by atoms with Crippen molar-refractivity contribution >= 4 is 17.5 Å². The third kappa shape index (κ3) is 3.25. The Morgan fingerprint density at radius 3 is 3.00 bits per heavy atom. The monoisotopic (exact) mass is 297 g/mol. The van der Waals surface area contributed by atoms with Gasteiger partial charge in [0, 0.05) is 18.4 Å². The highest BCUT2D eigenvalue weighted by Gasteiger charge is 2.26. The van der Waals surface area contributed by atoms with Crippen molar-refractivity contribution in [2.24, 2.45) is 0 Å². The van der Waals surface area contributed by atoms with E-state index < -0.39 is 6.10 Å². The highest BCUT2D eigenvalue weighted by Crippen LogP contribution is 2.39. The molecule has 2 N–H and O–H groups in total. The van der Waals surface area contributed by atoms with E-state index in [1.807, 2.05) is 13.0 Å². The molecule has 1 aromatic rings. The summed E-state index contributed by atoms with van der Waals surface area (Å²) >= 11 is 6.21. The van der Waals surface area contributed by atoms with E-state index in [0.29, 0.717) is 30.2 Å². The van der Waals surface area contributed by atoms with Crippen molar-refractivity contribution in [3.8, 4) is 5.75 Å². The molecule has 2 unspecified atom stereocenters. The van der Waals surface area contributed by atoms with Crippen LogP contribution in [0.3, 0.4) is 0 Å². The Hall–Kier alpha value is -1.26. The molecule has 0 saturated heterocycles. The lowest BCUT2D eigenvalue weighted by Crippen LogP contribution is -2.32. The lowest BCUT2D eigenvalue weighted by Gasteiger charge is -2.28. The SMILES string of the molecule is CCCC(=O)NC1CCOc2c(Cl)cc(C(C)O)cc21. The number of benzene rings is 1. The molecule has 1 heterocycles. The summed E-state index contributed by atoms with van der Waals surface area (Å²) in [4.78, 5) is 11.8. The molecule has 5 heteroatoms. The maximum absolute atomic E-state index is 11.8. The third-order valence-electron chi connectivity index (χ3n) is 3.42. The minimum Gasteiger partial charge on any atom is -0.492 e. The highest BCUT2D eigenvalue weighted by atomic mass is 35.5. The summed E-state index contributed by atoms with van der Waals surface area (Å²) in [5.74, 6) is 0.646. The third-order valence-corrected chi connectivity index (χ3v) is 3.70. The predicted octanol–water partition coefficient (Wildman–Crippen LogP) is 3.13. The van der Waals surface area contributed by atoms with Crippen molar-refractivity contribution in [1.29, 1.82) is 0 Å². The lowest BCUT2D eigenvalue weighted by molar-refractivity contribution is -0.122. The van der Waals surface area contributed by atoms with Gasteiger partial charge in [0.1, 0.15) is 5.75 Å². The van der Waals surface area contributed by atoms with Crippen molar-refractivity contribution < 1.29 is 14.6 Å². The molecule has 2 atom stereocenters. The smallest absolute Gasteiger partial charge is 0.220 e. The van der Waals surface area contributed by atoms with Crippen molar-refractivity contribution in [3.63, 3.8) is 0 Å². The zero-order valence-corrected chi connectivity index (χ0v) is 12.5. The number of hydrogen-bond acceptors (Lipinski definition) is 3. The molecule has 1 amide bonds. The Bertz CT molecular complexity index is 502. The average molecular weight is 298 g/mol. The van der Waals surface area contributed by atoms with E-state index in [0.717, 1.165) is 17.5 Å². The molecule has 0 bridgehead atoms. The Morgan fingerprint density at radius 2 is 2.35 bits per heavy atom. The molecule has 2 rings (SSSR count). The maximum atomic E-state index is 11.8. The van der Waals surface area contributed by atoms with Gasteiger partial charge in [-0.2, -0.15) is 0 Å². The number of fused-ring (bicyclic) bond motifs is 1. The molecule has 4 nitrogen and oxygen atoms in total. The zero-order chi connectivity index (χ0) is 14.7. The standard InChI is InChI=1S/C15H20ClNO3/c1-3-4-14(19)17-13-5-6-20-15-11(13)7-10(9(2)18)8-12(15)16/h7-9,13,18H,3-6H2,1-2H3,(H,17,19). The van der Waals surface area contributed by atoms with Crippen LogP contribution in [0.4, 0.5) is 0 Å². The fourth-order valence-corrected chi connectivity index (χ4v) is 2.66. The van der Waals surface area contributed by atoms with Gasteiger partial charge in [0.2, 0.25) is 5.91 Å². The van der Waals surface area contributed by atoms with Crippen molar-refractivity contribution in [3.05, 3.63) is 28.3 Å². The van der Waals surface area contributed by atoms with Crippen molar-refractivity contribution in [1.82, 2.24) is 5.32 Å². The second-order valence-corrected chi connectivity index (χ2v) is 5.51.